The molecule has 0 saturated carbocycles. The summed E-state index contributed by atoms with van der Waals surface area (Å²) in [7, 11) is 1.58. The van der Waals surface area contributed by atoms with Crippen molar-refractivity contribution in [3.05, 3.63) is 48.1 Å². The van der Waals surface area contributed by atoms with Crippen LogP contribution >= 0.6 is 0 Å². The topological polar surface area (TPSA) is 64.4 Å². The lowest BCUT2D eigenvalue weighted by Gasteiger charge is -2.09. The van der Waals surface area contributed by atoms with E-state index in [2.05, 4.69) is 4.98 Å². The van der Waals surface area contributed by atoms with Gasteiger partial charge in [0.25, 0.3) is 0 Å². The monoisotopic (exact) mass is 272 g/mol. The fraction of sp³-hybridized carbons (Fsp3) is 0.200. The average molecular weight is 272 g/mol. The number of rotatable bonds is 5. The first-order valence-corrected chi connectivity index (χ1v) is 6.26. The minimum Gasteiger partial charge on any atom is -0.495 e. The number of hydrogen-bond acceptors (Lipinski definition) is 3. The molecule has 0 amide bonds. The van der Waals surface area contributed by atoms with Crippen LogP contribution in [0.2, 0.25) is 0 Å². The number of carboxylic acid groups (broad SMARTS) is 1. The Kier molecular flexibility index (Phi) is 4.20. The number of methoxy groups -OCH3 is 1. The zero-order chi connectivity index (χ0) is 14.5. The summed E-state index contributed by atoms with van der Waals surface area (Å²) in [4.78, 5) is 14.8. The van der Waals surface area contributed by atoms with Crippen molar-refractivity contribution in [2.75, 3.05) is 7.11 Å². The Morgan fingerprint density at radius 2 is 2.30 bits per heavy atom. The Labute approximate surface area is 117 Å². The van der Waals surface area contributed by atoms with E-state index in [4.69, 9.17) is 9.84 Å². The molecule has 0 fully saturated rings. The van der Waals surface area contributed by atoms with Crippen molar-refractivity contribution in [2.24, 2.45) is 0 Å². The molecule has 0 saturated heterocycles. The number of carboxylic acids is 1. The predicted molar refractivity (Wildman–Crippen MR) is 76.2 cm³/mol. The van der Waals surface area contributed by atoms with E-state index in [1.807, 2.05) is 29.8 Å². The molecule has 0 aliphatic rings. The molecule has 0 aliphatic carbocycles. The summed E-state index contributed by atoms with van der Waals surface area (Å²) in [5, 5.41) is 8.63. The maximum atomic E-state index is 10.5. The number of aliphatic carboxylic acids is 1. The molecule has 104 valence electrons. The Morgan fingerprint density at radius 1 is 1.50 bits per heavy atom. The molecule has 5 heteroatoms. The van der Waals surface area contributed by atoms with Crippen LogP contribution in [0.1, 0.15) is 18.2 Å². The molecule has 0 bridgehead atoms. The number of benzene rings is 1. The highest BCUT2D eigenvalue weighted by atomic mass is 16.5. The molecule has 0 radical (unpaired) electrons. The van der Waals surface area contributed by atoms with Gasteiger partial charge < -0.3 is 14.4 Å². The molecule has 1 N–H and O–H groups in total. The standard InChI is InChI=1S/C15H16N2O3/c1-3-12-9-17(10-16-12)13-6-4-11(5-7-15(18)19)8-14(13)20-2/h4-10H,3H2,1-2H3,(H,18,19). The van der Waals surface area contributed by atoms with Crippen LogP contribution in [0.15, 0.2) is 36.8 Å². The van der Waals surface area contributed by atoms with Crippen molar-refractivity contribution in [2.45, 2.75) is 13.3 Å². The molecule has 0 atom stereocenters. The van der Waals surface area contributed by atoms with Crippen LogP contribution < -0.4 is 4.74 Å². The smallest absolute Gasteiger partial charge is 0.328 e. The van der Waals surface area contributed by atoms with E-state index in [1.165, 1.54) is 6.08 Å². The predicted octanol–water partition coefficient (Wildman–Crippen LogP) is 2.54. The van der Waals surface area contributed by atoms with E-state index < -0.39 is 5.97 Å². The largest absolute Gasteiger partial charge is 0.495 e. The number of imidazole rings is 1. The Bertz CT molecular complexity index is 644. The molecular weight excluding hydrogens is 256 g/mol. The van der Waals surface area contributed by atoms with Crippen LogP contribution in [0.4, 0.5) is 0 Å². The van der Waals surface area contributed by atoms with Crippen LogP contribution in [0.5, 0.6) is 5.75 Å². The zero-order valence-electron chi connectivity index (χ0n) is 11.4. The van der Waals surface area contributed by atoms with Crippen molar-refractivity contribution in [3.63, 3.8) is 0 Å². The highest BCUT2D eigenvalue weighted by Gasteiger charge is 2.07. The maximum Gasteiger partial charge on any atom is 0.328 e. The fourth-order valence-electron chi connectivity index (χ4n) is 1.86. The normalized spacial score (nSPS) is 10.9. The van der Waals surface area contributed by atoms with Crippen LogP contribution in [0, 0.1) is 0 Å². The lowest BCUT2D eigenvalue weighted by atomic mass is 10.1. The summed E-state index contributed by atoms with van der Waals surface area (Å²) < 4.78 is 7.25. The summed E-state index contributed by atoms with van der Waals surface area (Å²) in [6, 6.07) is 5.50. The average Bonchev–Trinajstić information content (AvgIpc) is 2.93. The lowest BCUT2D eigenvalue weighted by molar-refractivity contribution is -0.131. The fourth-order valence-corrected chi connectivity index (χ4v) is 1.86. The number of carbonyl (C=O) groups is 1. The summed E-state index contributed by atoms with van der Waals surface area (Å²) in [6.45, 7) is 2.05. The van der Waals surface area contributed by atoms with Gasteiger partial charge in [-0.2, -0.15) is 0 Å². The molecule has 0 spiro atoms. The summed E-state index contributed by atoms with van der Waals surface area (Å²) >= 11 is 0. The van der Waals surface area contributed by atoms with Crippen molar-refractivity contribution < 1.29 is 14.6 Å². The molecule has 2 aromatic rings. The van der Waals surface area contributed by atoms with Gasteiger partial charge in [-0.05, 0) is 30.2 Å². The van der Waals surface area contributed by atoms with E-state index in [-0.39, 0.29) is 0 Å². The van der Waals surface area contributed by atoms with Gasteiger partial charge in [-0.3, -0.25) is 0 Å². The number of nitrogens with zero attached hydrogens (tertiary/aromatic N) is 2. The second-order valence-corrected chi connectivity index (χ2v) is 4.23. The molecule has 0 aliphatic heterocycles. The summed E-state index contributed by atoms with van der Waals surface area (Å²) in [5.74, 6) is -0.312. The van der Waals surface area contributed by atoms with E-state index in [0.717, 1.165) is 29.4 Å². The van der Waals surface area contributed by atoms with Gasteiger partial charge in [0.1, 0.15) is 5.75 Å². The molecule has 20 heavy (non-hydrogen) atoms. The molecule has 1 aromatic carbocycles. The number of aryl methyl sites for hydroxylation is 1. The first-order chi connectivity index (χ1) is 9.63. The molecule has 0 unspecified atom stereocenters. The molecule has 1 aromatic heterocycles. The first-order valence-electron chi connectivity index (χ1n) is 6.26. The van der Waals surface area contributed by atoms with Gasteiger partial charge >= 0.3 is 5.97 Å². The Hall–Kier alpha value is -2.56. The van der Waals surface area contributed by atoms with Crippen LogP contribution in [-0.4, -0.2) is 27.7 Å². The van der Waals surface area contributed by atoms with E-state index >= 15 is 0 Å². The molecular formula is C15H16N2O3. The third-order valence-electron chi connectivity index (χ3n) is 2.90. The second-order valence-electron chi connectivity index (χ2n) is 4.23. The van der Waals surface area contributed by atoms with Crippen molar-refractivity contribution >= 4 is 12.0 Å². The summed E-state index contributed by atoms with van der Waals surface area (Å²) in [6.07, 6.45) is 7.18. The van der Waals surface area contributed by atoms with Gasteiger partial charge in [0, 0.05) is 12.3 Å². The van der Waals surface area contributed by atoms with Gasteiger partial charge in [0.15, 0.2) is 0 Å². The third kappa shape index (κ3) is 3.06. The maximum absolute atomic E-state index is 10.5. The van der Waals surface area contributed by atoms with E-state index in [9.17, 15) is 4.79 Å². The molecule has 1 heterocycles. The van der Waals surface area contributed by atoms with Crippen LogP contribution in [0.25, 0.3) is 11.8 Å². The Balaban J connectivity index is 2.37. The van der Waals surface area contributed by atoms with Crippen molar-refractivity contribution in [1.29, 1.82) is 0 Å². The van der Waals surface area contributed by atoms with Gasteiger partial charge in [0.05, 0.1) is 24.8 Å². The minimum atomic E-state index is -0.977. The zero-order valence-corrected chi connectivity index (χ0v) is 11.4. The number of aromatic nitrogens is 2. The van der Waals surface area contributed by atoms with Crippen LogP contribution in [-0.2, 0) is 11.2 Å². The minimum absolute atomic E-state index is 0.664. The van der Waals surface area contributed by atoms with Crippen molar-refractivity contribution in [1.82, 2.24) is 9.55 Å². The highest BCUT2D eigenvalue weighted by molar-refractivity contribution is 5.85. The quantitative estimate of drug-likeness (QED) is 0.849. The Morgan fingerprint density at radius 3 is 2.90 bits per heavy atom. The summed E-state index contributed by atoms with van der Waals surface area (Å²) in [5.41, 5.74) is 2.64. The van der Waals surface area contributed by atoms with Gasteiger partial charge in [-0.1, -0.05) is 13.0 Å². The van der Waals surface area contributed by atoms with Gasteiger partial charge in [-0.25, -0.2) is 9.78 Å². The van der Waals surface area contributed by atoms with E-state index in [1.54, 1.807) is 19.5 Å². The van der Waals surface area contributed by atoms with Crippen LogP contribution in [0.3, 0.4) is 0 Å². The van der Waals surface area contributed by atoms with Gasteiger partial charge in [0.2, 0.25) is 0 Å². The van der Waals surface area contributed by atoms with E-state index in [0.29, 0.717) is 5.75 Å². The SMILES string of the molecule is CCc1cn(-c2ccc(C=CC(=O)O)cc2OC)cn1. The lowest BCUT2D eigenvalue weighted by Crippen LogP contribution is -1.96. The number of hydrogen-bond donors (Lipinski definition) is 1. The van der Waals surface area contributed by atoms with Crippen molar-refractivity contribution in [3.8, 4) is 11.4 Å². The highest BCUT2D eigenvalue weighted by Crippen LogP contribution is 2.25. The first kappa shape index (κ1) is 13.9. The third-order valence-corrected chi connectivity index (χ3v) is 2.90. The molecule has 5 nitrogen and oxygen atoms in total. The molecule has 2 rings (SSSR count). The second kappa shape index (κ2) is 6.06. The van der Waals surface area contributed by atoms with Gasteiger partial charge in [-0.15, -0.1) is 0 Å². The number of ether oxygens (including phenoxy) is 1.